The Kier molecular flexibility index (Phi) is 9.03. The fourth-order valence-electron chi connectivity index (χ4n) is 3.84. The summed E-state index contributed by atoms with van der Waals surface area (Å²) in [6.07, 6.45) is 11.5. The number of fused-ring (bicyclic) bond motifs is 1. The third-order valence-corrected chi connectivity index (χ3v) is 5.23. The average molecular weight is 456 g/mol. The molecule has 25 heavy (non-hydrogen) atoms. The van der Waals surface area contributed by atoms with Crippen molar-refractivity contribution in [2.75, 3.05) is 31.5 Å². The molecular weight excluding hydrogens is 423 g/mol. The van der Waals surface area contributed by atoms with Crippen molar-refractivity contribution in [1.29, 1.82) is 0 Å². The van der Waals surface area contributed by atoms with Crippen molar-refractivity contribution in [2.45, 2.75) is 57.8 Å². The van der Waals surface area contributed by atoms with Gasteiger partial charge in [-0.15, -0.1) is 24.0 Å². The Labute approximate surface area is 169 Å². The normalized spacial score (nSPS) is 17.8. The lowest BCUT2D eigenvalue weighted by atomic mass is 10.1. The lowest BCUT2D eigenvalue weighted by Gasteiger charge is -2.26. The van der Waals surface area contributed by atoms with Crippen LogP contribution in [0.3, 0.4) is 0 Å². The number of hydrogen-bond donors (Lipinski definition) is 2. The summed E-state index contributed by atoms with van der Waals surface area (Å²) < 4.78 is 0. The first-order chi connectivity index (χ1) is 11.8. The molecule has 2 aliphatic rings. The molecule has 5 heteroatoms. The van der Waals surface area contributed by atoms with Crippen LogP contribution in [0.5, 0.6) is 0 Å². The molecule has 0 atom stereocenters. The number of aryl methyl sites for hydroxylation is 2. The van der Waals surface area contributed by atoms with Gasteiger partial charge in [-0.2, -0.15) is 0 Å². The third kappa shape index (κ3) is 6.77. The topological polar surface area (TPSA) is 53.6 Å². The van der Waals surface area contributed by atoms with E-state index in [1.807, 2.05) is 0 Å². The fourth-order valence-corrected chi connectivity index (χ4v) is 3.84. The largest absolute Gasteiger partial charge is 0.370 e. The summed E-state index contributed by atoms with van der Waals surface area (Å²) in [6.45, 7) is 4.68. The van der Waals surface area contributed by atoms with Crippen molar-refractivity contribution in [3.05, 3.63) is 29.3 Å². The summed E-state index contributed by atoms with van der Waals surface area (Å²) in [7, 11) is 0. The molecule has 1 aromatic rings. The van der Waals surface area contributed by atoms with Crippen molar-refractivity contribution in [1.82, 2.24) is 4.90 Å². The second-order valence-electron chi connectivity index (χ2n) is 7.19. The van der Waals surface area contributed by atoms with Crippen molar-refractivity contribution in [2.24, 2.45) is 10.7 Å². The molecule has 140 valence electrons. The van der Waals surface area contributed by atoms with Crippen LogP contribution in [-0.4, -0.2) is 37.0 Å². The Bertz CT molecular complexity index is 553. The Hall–Kier alpha value is -0.820. The zero-order valence-corrected chi connectivity index (χ0v) is 17.6. The number of benzene rings is 1. The number of nitrogens with one attached hydrogen (secondary N) is 1. The van der Waals surface area contributed by atoms with Gasteiger partial charge in [-0.1, -0.05) is 18.9 Å². The maximum atomic E-state index is 6.01. The van der Waals surface area contributed by atoms with E-state index in [-0.39, 0.29) is 24.0 Å². The minimum absolute atomic E-state index is 0. The van der Waals surface area contributed by atoms with Crippen LogP contribution < -0.4 is 11.1 Å². The molecule has 0 radical (unpaired) electrons. The Morgan fingerprint density at radius 2 is 1.80 bits per heavy atom. The molecule has 0 amide bonds. The highest BCUT2D eigenvalue weighted by atomic mass is 127. The number of likely N-dealkylation sites (tertiary alicyclic amines) is 1. The number of unbranched alkanes of at least 4 members (excludes halogenated alkanes) is 2. The van der Waals surface area contributed by atoms with E-state index in [0.29, 0.717) is 5.96 Å². The second kappa shape index (κ2) is 11.0. The van der Waals surface area contributed by atoms with Gasteiger partial charge in [0, 0.05) is 12.2 Å². The van der Waals surface area contributed by atoms with Gasteiger partial charge in [0.05, 0.1) is 0 Å². The number of rotatable bonds is 7. The zero-order chi connectivity index (χ0) is 16.6. The van der Waals surface area contributed by atoms with E-state index in [1.165, 1.54) is 82.1 Å². The van der Waals surface area contributed by atoms with E-state index in [1.54, 1.807) is 0 Å². The molecule has 0 spiro atoms. The average Bonchev–Trinajstić information content (AvgIpc) is 3.06. The molecule has 1 aliphatic carbocycles. The standard InChI is InChI=1S/C20H32N4.HI/c21-20(23-19-11-10-17-8-7-9-18(17)16-19)22-12-3-1-4-13-24-14-5-2-6-15-24;/h10-11,16H,1-9,12-15H2,(H3,21,22,23);1H. The third-order valence-electron chi connectivity index (χ3n) is 5.23. The Balaban J connectivity index is 0.00000225. The van der Waals surface area contributed by atoms with E-state index in [0.717, 1.165) is 18.7 Å². The number of anilines is 1. The molecule has 0 unspecified atom stereocenters. The molecule has 1 aromatic carbocycles. The van der Waals surface area contributed by atoms with E-state index < -0.39 is 0 Å². The highest BCUT2D eigenvalue weighted by molar-refractivity contribution is 14.0. The monoisotopic (exact) mass is 456 g/mol. The van der Waals surface area contributed by atoms with Gasteiger partial charge in [0.2, 0.25) is 0 Å². The molecule has 1 heterocycles. The Morgan fingerprint density at radius 1 is 1.00 bits per heavy atom. The molecule has 0 bridgehead atoms. The lowest BCUT2D eigenvalue weighted by Crippen LogP contribution is -2.30. The highest BCUT2D eigenvalue weighted by Crippen LogP contribution is 2.24. The first-order valence-corrected chi connectivity index (χ1v) is 9.72. The highest BCUT2D eigenvalue weighted by Gasteiger charge is 2.11. The quantitative estimate of drug-likeness (QED) is 0.280. The van der Waals surface area contributed by atoms with Crippen LogP contribution in [0, 0.1) is 0 Å². The van der Waals surface area contributed by atoms with Crippen LogP contribution in [0.2, 0.25) is 0 Å². The number of aliphatic imine (C=N–C) groups is 1. The summed E-state index contributed by atoms with van der Waals surface area (Å²) in [5.74, 6) is 0.545. The number of nitrogens with two attached hydrogens (primary N) is 1. The summed E-state index contributed by atoms with van der Waals surface area (Å²) >= 11 is 0. The molecule has 1 saturated heterocycles. The second-order valence-corrected chi connectivity index (χ2v) is 7.19. The molecule has 0 aromatic heterocycles. The van der Waals surface area contributed by atoms with E-state index in [4.69, 9.17) is 5.73 Å². The van der Waals surface area contributed by atoms with E-state index in [9.17, 15) is 0 Å². The lowest BCUT2D eigenvalue weighted by molar-refractivity contribution is 0.224. The van der Waals surface area contributed by atoms with Gasteiger partial charge in [0.25, 0.3) is 0 Å². The number of halogens is 1. The zero-order valence-electron chi connectivity index (χ0n) is 15.3. The molecular formula is C20H33IN4. The maximum Gasteiger partial charge on any atom is 0.193 e. The van der Waals surface area contributed by atoms with Gasteiger partial charge in [-0.05, 0) is 87.8 Å². The summed E-state index contributed by atoms with van der Waals surface area (Å²) in [5, 5.41) is 3.23. The van der Waals surface area contributed by atoms with Crippen LogP contribution in [0.4, 0.5) is 5.69 Å². The predicted molar refractivity (Wildman–Crippen MR) is 118 cm³/mol. The summed E-state index contributed by atoms with van der Waals surface area (Å²) in [6, 6.07) is 6.56. The number of guanidine groups is 1. The molecule has 3 rings (SSSR count). The van der Waals surface area contributed by atoms with Crippen LogP contribution in [-0.2, 0) is 12.8 Å². The van der Waals surface area contributed by atoms with Crippen molar-refractivity contribution < 1.29 is 0 Å². The van der Waals surface area contributed by atoms with Gasteiger partial charge < -0.3 is 16.0 Å². The maximum absolute atomic E-state index is 6.01. The number of nitrogens with zero attached hydrogens (tertiary/aromatic N) is 2. The van der Waals surface area contributed by atoms with Crippen LogP contribution in [0.15, 0.2) is 23.2 Å². The van der Waals surface area contributed by atoms with Gasteiger partial charge in [0.15, 0.2) is 5.96 Å². The summed E-state index contributed by atoms with van der Waals surface area (Å²) in [5.41, 5.74) is 10.0. The van der Waals surface area contributed by atoms with Gasteiger partial charge in [-0.3, -0.25) is 4.99 Å². The summed E-state index contributed by atoms with van der Waals surface area (Å²) in [4.78, 5) is 7.07. The first-order valence-electron chi connectivity index (χ1n) is 9.72. The minimum atomic E-state index is 0. The first kappa shape index (κ1) is 20.5. The number of piperidine rings is 1. The van der Waals surface area contributed by atoms with Crippen molar-refractivity contribution in [3.63, 3.8) is 0 Å². The SMILES string of the molecule is I.NC(=NCCCCCN1CCCCC1)Nc1ccc2c(c1)CCC2. The van der Waals surface area contributed by atoms with Gasteiger partial charge in [0.1, 0.15) is 0 Å². The van der Waals surface area contributed by atoms with Crippen molar-refractivity contribution >= 4 is 35.6 Å². The fraction of sp³-hybridized carbons (Fsp3) is 0.650. The molecule has 1 fully saturated rings. The van der Waals surface area contributed by atoms with Crippen molar-refractivity contribution in [3.8, 4) is 0 Å². The van der Waals surface area contributed by atoms with Gasteiger partial charge in [-0.25, -0.2) is 0 Å². The van der Waals surface area contributed by atoms with E-state index in [2.05, 4.69) is 33.4 Å². The number of hydrogen-bond acceptors (Lipinski definition) is 2. The molecule has 0 saturated carbocycles. The predicted octanol–water partition coefficient (Wildman–Crippen LogP) is 4.18. The minimum Gasteiger partial charge on any atom is -0.370 e. The smallest absolute Gasteiger partial charge is 0.193 e. The molecule has 3 N–H and O–H groups in total. The van der Waals surface area contributed by atoms with E-state index >= 15 is 0 Å². The van der Waals surface area contributed by atoms with Crippen LogP contribution in [0.25, 0.3) is 0 Å². The van der Waals surface area contributed by atoms with Crippen LogP contribution >= 0.6 is 24.0 Å². The Morgan fingerprint density at radius 3 is 2.64 bits per heavy atom. The molecule has 4 nitrogen and oxygen atoms in total. The molecule has 1 aliphatic heterocycles. The van der Waals surface area contributed by atoms with Crippen LogP contribution in [0.1, 0.15) is 56.1 Å². The van der Waals surface area contributed by atoms with Gasteiger partial charge >= 0.3 is 0 Å².